The van der Waals surface area contributed by atoms with Crippen LogP contribution in [0.2, 0.25) is 5.02 Å². The van der Waals surface area contributed by atoms with Crippen molar-refractivity contribution < 1.29 is 9.90 Å². The van der Waals surface area contributed by atoms with Crippen molar-refractivity contribution in [2.45, 2.75) is 20.0 Å². The summed E-state index contributed by atoms with van der Waals surface area (Å²) >= 11 is 6.14. The average Bonchev–Trinajstić information content (AvgIpc) is 2.94. The highest BCUT2D eigenvalue weighted by molar-refractivity contribution is 6.33. The van der Waals surface area contributed by atoms with Gasteiger partial charge in [0, 0.05) is 17.1 Å². The van der Waals surface area contributed by atoms with Crippen molar-refractivity contribution in [1.29, 1.82) is 0 Å². The summed E-state index contributed by atoms with van der Waals surface area (Å²) in [6.07, 6.45) is 0.875. The molecule has 0 radical (unpaired) electrons. The number of rotatable bonds is 5. The summed E-state index contributed by atoms with van der Waals surface area (Å²) in [4.78, 5) is 12.2. The summed E-state index contributed by atoms with van der Waals surface area (Å²) in [6, 6.07) is 7.23. The largest absolute Gasteiger partial charge is 0.391 e. The fraction of sp³-hybridized carbons (Fsp3) is 0.333. The Morgan fingerprint density at radius 3 is 2.81 bits per heavy atom. The van der Waals surface area contributed by atoms with E-state index in [0.29, 0.717) is 21.8 Å². The van der Waals surface area contributed by atoms with Gasteiger partial charge in [-0.1, -0.05) is 43.6 Å². The van der Waals surface area contributed by atoms with Gasteiger partial charge >= 0.3 is 0 Å². The maximum Gasteiger partial charge on any atom is 0.255 e. The second-order valence-electron chi connectivity index (χ2n) is 5.16. The molecule has 0 aliphatic carbocycles. The van der Waals surface area contributed by atoms with E-state index in [0.717, 1.165) is 0 Å². The topological polar surface area (TPSA) is 78.0 Å². The SMILES string of the molecule is CC(C)C(O)CNC(=O)c1cn[nH]c1-c1ccccc1Cl. The lowest BCUT2D eigenvalue weighted by Gasteiger charge is -2.15. The molecule has 0 fully saturated rings. The van der Waals surface area contributed by atoms with Gasteiger partial charge in [-0.25, -0.2) is 0 Å². The quantitative estimate of drug-likeness (QED) is 0.794. The highest BCUT2D eigenvalue weighted by Gasteiger charge is 2.18. The lowest BCUT2D eigenvalue weighted by Crippen LogP contribution is -2.34. The zero-order valence-electron chi connectivity index (χ0n) is 11.9. The molecule has 5 nitrogen and oxygen atoms in total. The Balaban J connectivity index is 2.17. The van der Waals surface area contributed by atoms with Crippen LogP contribution in [-0.4, -0.2) is 33.9 Å². The molecular weight excluding hydrogens is 290 g/mol. The van der Waals surface area contributed by atoms with Gasteiger partial charge in [0.15, 0.2) is 0 Å². The Kier molecular flexibility index (Phi) is 4.98. The van der Waals surface area contributed by atoms with Crippen LogP contribution in [0.15, 0.2) is 30.5 Å². The molecule has 1 heterocycles. The molecule has 6 heteroatoms. The number of hydrogen-bond acceptors (Lipinski definition) is 3. The van der Waals surface area contributed by atoms with Crippen molar-refractivity contribution in [3.8, 4) is 11.3 Å². The van der Waals surface area contributed by atoms with Gasteiger partial charge in [0.1, 0.15) is 0 Å². The number of benzene rings is 1. The van der Waals surface area contributed by atoms with Gasteiger partial charge in [-0.3, -0.25) is 9.89 Å². The van der Waals surface area contributed by atoms with E-state index in [1.165, 1.54) is 6.20 Å². The van der Waals surface area contributed by atoms with Gasteiger partial charge < -0.3 is 10.4 Å². The standard InChI is InChI=1S/C15H18ClN3O2/c1-9(2)13(20)8-17-15(21)11-7-18-19-14(11)10-5-3-4-6-12(10)16/h3-7,9,13,20H,8H2,1-2H3,(H,17,21)(H,18,19). The second kappa shape index (κ2) is 6.74. The number of amides is 1. The molecule has 0 aliphatic heterocycles. The predicted molar refractivity (Wildman–Crippen MR) is 82.2 cm³/mol. The third-order valence-electron chi connectivity index (χ3n) is 3.27. The number of nitrogens with one attached hydrogen (secondary N) is 2. The summed E-state index contributed by atoms with van der Waals surface area (Å²) in [6.45, 7) is 3.98. The van der Waals surface area contributed by atoms with Crippen LogP contribution in [0.4, 0.5) is 0 Å². The number of nitrogens with zero attached hydrogens (tertiary/aromatic N) is 1. The maximum atomic E-state index is 12.2. The number of aliphatic hydroxyl groups excluding tert-OH is 1. The van der Waals surface area contributed by atoms with E-state index in [1.807, 2.05) is 32.0 Å². The number of carbonyl (C=O) groups excluding carboxylic acids is 1. The van der Waals surface area contributed by atoms with E-state index in [4.69, 9.17) is 11.6 Å². The summed E-state index contributed by atoms with van der Waals surface area (Å²) in [5, 5.41) is 19.7. The molecule has 1 unspecified atom stereocenters. The van der Waals surface area contributed by atoms with Crippen LogP contribution in [0.3, 0.4) is 0 Å². The molecule has 0 saturated heterocycles. The smallest absolute Gasteiger partial charge is 0.255 e. The Morgan fingerprint density at radius 2 is 2.14 bits per heavy atom. The van der Waals surface area contributed by atoms with Gasteiger partial charge in [-0.2, -0.15) is 5.10 Å². The lowest BCUT2D eigenvalue weighted by molar-refractivity contribution is 0.0872. The summed E-state index contributed by atoms with van der Waals surface area (Å²) < 4.78 is 0. The minimum Gasteiger partial charge on any atom is -0.391 e. The Bertz CT molecular complexity index is 625. The van der Waals surface area contributed by atoms with Crippen LogP contribution in [0.1, 0.15) is 24.2 Å². The molecule has 2 rings (SSSR count). The Labute approximate surface area is 128 Å². The first-order valence-corrected chi connectivity index (χ1v) is 7.13. The number of carbonyl (C=O) groups is 1. The maximum absolute atomic E-state index is 12.2. The molecule has 1 amide bonds. The van der Waals surface area contributed by atoms with Crippen molar-refractivity contribution in [2.24, 2.45) is 5.92 Å². The summed E-state index contributed by atoms with van der Waals surface area (Å²) in [7, 11) is 0. The van der Waals surface area contributed by atoms with E-state index < -0.39 is 6.10 Å². The van der Waals surface area contributed by atoms with Crippen LogP contribution >= 0.6 is 11.6 Å². The van der Waals surface area contributed by atoms with Crippen molar-refractivity contribution in [3.05, 3.63) is 41.0 Å². The zero-order chi connectivity index (χ0) is 15.4. The van der Waals surface area contributed by atoms with E-state index in [2.05, 4.69) is 15.5 Å². The average molecular weight is 308 g/mol. The van der Waals surface area contributed by atoms with E-state index in [9.17, 15) is 9.90 Å². The molecule has 112 valence electrons. The normalized spacial score (nSPS) is 12.4. The number of hydrogen-bond donors (Lipinski definition) is 3. The zero-order valence-corrected chi connectivity index (χ0v) is 12.7. The van der Waals surface area contributed by atoms with Crippen molar-refractivity contribution in [3.63, 3.8) is 0 Å². The van der Waals surface area contributed by atoms with Crippen LogP contribution in [0.25, 0.3) is 11.3 Å². The van der Waals surface area contributed by atoms with Gasteiger partial charge in [0.05, 0.1) is 23.6 Å². The first-order valence-electron chi connectivity index (χ1n) is 6.75. The molecule has 0 aliphatic rings. The third kappa shape index (κ3) is 3.62. The molecule has 2 aromatic rings. The number of aliphatic hydroxyl groups is 1. The van der Waals surface area contributed by atoms with Crippen LogP contribution < -0.4 is 5.32 Å². The molecular formula is C15H18ClN3O2. The molecule has 0 spiro atoms. The molecule has 1 aromatic heterocycles. The van der Waals surface area contributed by atoms with Gasteiger partial charge in [-0.05, 0) is 12.0 Å². The number of aromatic amines is 1. The molecule has 1 atom stereocenters. The van der Waals surface area contributed by atoms with Crippen LogP contribution in [0, 0.1) is 5.92 Å². The lowest BCUT2D eigenvalue weighted by atomic mass is 10.1. The fourth-order valence-corrected chi connectivity index (χ4v) is 2.09. The minimum atomic E-state index is -0.579. The van der Waals surface area contributed by atoms with Crippen molar-refractivity contribution >= 4 is 17.5 Å². The Morgan fingerprint density at radius 1 is 1.43 bits per heavy atom. The van der Waals surface area contributed by atoms with Crippen molar-refractivity contribution in [1.82, 2.24) is 15.5 Å². The summed E-state index contributed by atoms with van der Waals surface area (Å²) in [5.41, 5.74) is 1.68. The highest BCUT2D eigenvalue weighted by atomic mass is 35.5. The molecule has 0 saturated carbocycles. The number of aromatic nitrogens is 2. The first-order chi connectivity index (χ1) is 10.0. The number of halogens is 1. The minimum absolute atomic E-state index is 0.0812. The Hall–Kier alpha value is -1.85. The number of H-pyrrole nitrogens is 1. The monoisotopic (exact) mass is 307 g/mol. The first kappa shape index (κ1) is 15.5. The van der Waals surface area contributed by atoms with E-state index >= 15 is 0 Å². The van der Waals surface area contributed by atoms with Gasteiger partial charge in [0.25, 0.3) is 5.91 Å². The third-order valence-corrected chi connectivity index (χ3v) is 3.60. The summed E-state index contributed by atoms with van der Waals surface area (Å²) in [5.74, 6) is -0.212. The second-order valence-corrected chi connectivity index (χ2v) is 5.57. The molecule has 21 heavy (non-hydrogen) atoms. The molecule has 0 bridgehead atoms. The van der Waals surface area contributed by atoms with Crippen LogP contribution in [-0.2, 0) is 0 Å². The van der Waals surface area contributed by atoms with Crippen molar-refractivity contribution in [2.75, 3.05) is 6.54 Å². The van der Waals surface area contributed by atoms with E-state index in [-0.39, 0.29) is 18.4 Å². The molecule has 1 aromatic carbocycles. The van der Waals surface area contributed by atoms with Gasteiger partial charge in [0.2, 0.25) is 0 Å². The highest BCUT2D eigenvalue weighted by Crippen LogP contribution is 2.28. The fourth-order valence-electron chi connectivity index (χ4n) is 1.86. The van der Waals surface area contributed by atoms with E-state index in [1.54, 1.807) is 6.07 Å². The predicted octanol–water partition coefficient (Wildman–Crippen LogP) is 2.48. The van der Waals surface area contributed by atoms with Gasteiger partial charge in [-0.15, -0.1) is 0 Å². The molecule has 3 N–H and O–H groups in total. The van der Waals surface area contributed by atoms with Crippen LogP contribution in [0.5, 0.6) is 0 Å².